The molecule has 0 spiro atoms. The molecular formula is C46H97I6N4O24-. The van der Waals surface area contributed by atoms with Crippen molar-refractivity contribution in [3.8, 4) is 0 Å². The summed E-state index contributed by atoms with van der Waals surface area (Å²) in [5.41, 5.74) is -1.13. The Morgan fingerprint density at radius 3 is 0.800 bits per heavy atom. The zero-order valence-electron chi connectivity index (χ0n) is 45.8. The van der Waals surface area contributed by atoms with E-state index in [1.807, 2.05) is 6.92 Å². The van der Waals surface area contributed by atoms with Crippen molar-refractivity contribution < 1.29 is 132 Å². The molecule has 0 aliphatic carbocycles. The van der Waals surface area contributed by atoms with E-state index < -0.39 is 125 Å². The van der Waals surface area contributed by atoms with E-state index >= 15 is 0 Å². The number of β-amino-alcohol motifs (C(OH)–C–C–N with tert-alkyl or cyclic N) is 3. The number of ether oxygens (including phenoxy) is 9. The first-order valence-corrected chi connectivity index (χ1v) is 44.4. The van der Waals surface area contributed by atoms with Gasteiger partial charge in [-0.05, 0) is 12.8 Å². The van der Waals surface area contributed by atoms with Crippen molar-refractivity contribution >= 4 is 98.4 Å². The fourth-order valence-corrected chi connectivity index (χ4v) is 6.09. The third-order valence-electron chi connectivity index (χ3n) is 12.8. The van der Waals surface area contributed by atoms with Gasteiger partial charge >= 0.3 is 50.5 Å². The number of hydrogen-bond acceptors (Lipinski definition) is 28. The van der Waals surface area contributed by atoms with Gasteiger partial charge in [0.05, 0.1) is 219 Å². The topological polar surface area (TPSA) is 459 Å². The molecule has 0 amide bonds. The van der Waals surface area contributed by atoms with Crippen LogP contribution >= 0.6 is 98.4 Å². The fourth-order valence-electron chi connectivity index (χ4n) is 6.09. The monoisotopic (exact) mass is 1850 g/mol. The summed E-state index contributed by atoms with van der Waals surface area (Å²) < 4.78 is 50.2. The van der Waals surface area contributed by atoms with E-state index in [1.165, 1.54) is 0 Å². The third kappa shape index (κ3) is 40.1. The van der Waals surface area contributed by atoms with E-state index in [0.717, 1.165) is 26.2 Å². The smallest absolute Gasteiger partial charge is 0.0856 e. The molecule has 0 bridgehead atoms. The van der Waals surface area contributed by atoms with Crippen molar-refractivity contribution in [2.24, 2.45) is 16.6 Å². The molecule has 34 heteroatoms. The van der Waals surface area contributed by atoms with Crippen LogP contribution in [-0.4, -0.2) is 333 Å². The van der Waals surface area contributed by atoms with Gasteiger partial charge in [-0.2, -0.15) is 0 Å². The average Bonchev–Trinajstić information content (AvgIpc) is 4.33. The number of halogens is 6. The molecule has 6 unspecified atom stereocenters. The number of aliphatic hydroxyl groups is 15. The number of epoxide rings is 3. The van der Waals surface area contributed by atoms with Gasteiger partial charge in [-0.25, -0.2) is 0 Å². The maximum absolute atomic E-state index is 10.4. The number of aliphatic hydroxyl groups excluding tert-OH is 15. The Kier molecular flexibility index (Phi) is 56.8. The number of nitrogens with one attached hydrogen (secondary N) is 3. The molecule has 3 heterocycles. The van der Waals surface area contributed by atoms with Crippen LogP contribution < -0.4 is 34.9 Å². The molecule has 0 radical (unpaired) electrons. The van der Waals surface area contributed by atoms with Crippen LogP contribution in [0.25, 0.3) is 0 Å². The van der Waals surface area contributed by atoms with Gasteiger partial charge in [-0.3, -0.25) is 0 Å². The summed E-state index contributed by atoms with van der Waals surface area (Å²) in [6.45, 7) is 3.23. The Morgan fingerprint density at radius 2 is 0.650 bits per heavy atom. The van der Waals surface area contributed by atoms with Crippen LogP contribution in [0, 0.1) is 10.8 Å². The summed E-state index contributed by atoms with van der Waals surface area (Å²) in [6, 6.07) is 0. The van der Waals surface area contributed by atoms with Crippen molar-refractivity contribution in [1.82, 2.24) is 16.0 Å². The molecule has 3 fully saturated rings. The third-order valence-corrected chi connectivity index (χ3v) is 12.8. The molecular weight excluding hydrogens is 1750 g/mol. The zero-order valence-corrected chi connectivity index (χ0v) is 59.0. The van der Waals surface area contributed by atoms with E-state index in [4.69, 9.17) is 63.7 Å². The van der Waals surface area contributed by atoms with Crippen LogP contribution in [0.5, 0.6) is 0 Å². The van der Waals surface area contributed by atoms with Crippen molar-refractivity contribution in [3.05, 3.63) is 0 Å². The molecule has 3 aliphatic heterocycles. The van der Waals surface area contributed by atoms with Crippen LogP contribution in [-0.2, 0) is 42.6 Å². The molecule has 80 heavy (non-hydrogen) atoms. The van der Waals surface area contributed by atoms with Crippen LogP contribution in [0.2, 0.25) is 0 Å². The quantitative estimate of drug-likeness (QED) is 0.0199. The van der Waals surface area contributed by atoms with Crippen LogP contribution in [0.1, 0.15) is 26.7 Å². The predicted molar refractivity (Wildman–Crippen MR) is 333 cm³/mol. The van der Waals surface area contributed by atoms with Gasteiger partial charge < -0.3 is 141 Å². The van der Waals surface area contributed by atoms with Gasteiger partial charge in [0.15, 0.2) is 0 Å². The minimum absolute atomic E-state index is 0. The van der Waals surface area contributed by atoms with Gasteiger partial charge in [0.2, 0.25) is 0 Å². The second-order valence-corrected chi connectivity index (χ2v) is 36.2. The molecule has 0 aromatic rings. The van der Waals surface area contributed by atoms with E-state index in [-0.39, 0.29) is 88.7 Å². The van der Waals surface area contributed by atoms with Gasteiger partial charge in [-0.15, -0.1) is 24.0 Å². The van der Waals surface area contributed by atoms with Gasteiger partial charge in [0.1, 0.15) is 18.3 Å². The second kappa shape index (κ2) is 51.9. The summed E-state index contributed by atoms with van der Waals surface area (Å²) >= 11 is 9.54. The Morgan fingerprint density at radius 1 is 0.450 bits per heavy atom. The maximum atomic E-state index is 10.4. The van der Waals surface area contributed by atoms with E-state index in [0.29, 0.717) is 77.6 Å². The maximum Gasteiger partial charge on any atom is 0.0856 e. The summed E-state index contributed by atoms with van der Waals surface area (Å²) in [5.74, 6) is 0. The summed E-state index contributed by atoms with van der Waals surface area (Å²) in [4.78, 5) is 0. The van der Waals surface area contributed by atoms with E-state index in [2.05, 4.69) is 97.3 Å². The summed E-state index contributed by atoms with van der Waals surface area (Å²) in [6.07, 6.45) is -0.987. The van der Waals surface area contributed by atoms with Gasteiger partial charge in [0, 0.05) is 67.7 Å². The number of hydrogen-bond donors (Lipinski definition) is 19. The van der Waals surface area contributed by atoms with Crippen molar-refractivity contribution in [2.75, 3.05) is 198 Å². The van der Waals surface area contributed by atoms with Crippen molar-refractivity contribution in [1.29, 1.82) is 0 Å². The molecule has 28 nitrogen and oxygen atoms in total. The van der Waals surface area contributed by atoms with Crippen LogP contribution in [0.3, 0.4) is 0 Å². The number of nitrogens with two attached hydrogens (primary N) is 1. The average molecular weight is 1850 g/mol. The van der Waals surface area contributed by atoms with Crippen LogP contribution in [0.15, 0.2) is 0 Å². The normalized spacial score (nSPS) is 19.4. The first kappa shape index (κ1) is 87.5. The van der Waals surface area contributed by atoms with Crippen molar-refractivity contribution in [2.45, 2.75) is 85.5 Å². The SMILES string of the molecule is CCC(COCC(O)CNC(CO)(CO)CO)(COCC(O)CNC(CO)(CO)CO)COCC(O)CNC(CO)(CO)CO.CCC(COCC1CO1)(COCC1CO1)COCC1CO1.I.II.I[I-]I.NC(CO)(CO)CO. The van der Waals surface area contributed by atoms with E-state index in [9.17, 15) is 61.3 Å². The molecule has 3 saturated heterocycles. The minimum atomic E-state index is -1.38. The zero-order chi connectivity index (χ0) is 60.3. The number of rotatable bonds is 47. The summed E-state index contributed by atoms with van der Waals surface area (Å²) in [5, 5.41) is 149. The molecule has 3 rings (SSSR count). The van der Waals surface area contributed by atoms with Crippen molar-refractivity contribution in [3.63, 3.8) is 0 Å². The Labute approximate surface area is 541 Å². The molecule has 6 atom stereocenters. The molecule has 0 aromatic carbocycles. The fraction of sp³-hybridized carbons (Fsp3) is 1.00. The first-order chi connectivity index (χ1) is 37.8. The van der Waals surface area contributed by atoms with Crippen LogP contribution in [0.4, 0.5) is 0 Å². The molecule has 488 valence electrons. The molecule has 20 N–H and O–H groups in total. The minimum Gasteiger partial charge on any atom is -0.394 e. The standard InChI is InChI=1S/C27H59N3O15.C15H26O6.C4H11NO3.I3.I2.HI/c1-2-24(18-43-6-21(40)3-28-25(9-31,10-32)11-33,19-44-7-22(41)4-29-26(12-34,13-35)14-36)20-45-8-23(42)5-30-27(15-37,16-38)17-39;1-2-15(9-16-3-12-6-19-12,10-17-4-13-7-20-13)11-18-5-14-8-21-14;5-4(1-6,2-7)3-8;1-3-2;1-2;/h21-23,28-42H,2-20H2,1H3;12-14H,2-11H2,1H3;6-8H,1-3,5H2;;;1H/q;;;-1;;. The largest absolute Gasteiger partial charge is 0.394 e. The second-order valence-electron chi connectivity index (χ2n) is 19.9. The van der Waals surface area contributed by atoms with Gasteiger partial charge in [0.25, 0.3) is 0 Å². The Hall–Kier alpha value is 3.26. The molecule has 0 aromatic heterocycles. The summed E-state index contributed by atoms with van der Waals surface area (Å²) in [7, 11) is 0. The first-order valence-electron chi connectivity index (χ1n) is 25.5. The Balaban J connectivity index is -0.00000137. The molecule has 0 saturated carbocycles. The van der Waals surface area contributed by atoms with Gasteiger partial charge in [-0.1, -0.05) is 13.8 Å². The predicted octanol–water partition coefficient (Wildman–Crippen LogP) is -8.11. The molecule has 3 aliphatic rings. The van der Waals surface area contributed by atoms with E-state index in [1.54, 1.807) is 0 Å². The Bertz CT molecular complexity index is 1220.